The van der Waals surface area contributed by atoms with Gasteiger partial charge in [0.15, 0.2) is 0 Å². The summed E-state index contributed by atoms with van der Waals surface area (Å²) in [6, 6.07) is 0. The first-order chi connectivity index (χ1) is 5.78. The average molecular weight is 173 g/mol. The summed E-state index contributed by atoms with van der Waals surface area (Å²) in [6.07, 6.45) is 0.809. The summed E-state index contributed by atoms with van der Waals surface area (Å²) in [7, 11) is 1.75. The van der Waals surface area contributed by atoms with Gasteiger partial charge in [-0.25, -0.2) is 5.43 Å². The van der Waals surface area contributed by atoms with Gasteiger partial charge in [0, 0.05) is 20.1 Å². The molecule has 0 aromatic heterocycles. The van der Waals surface area contributed by atoms with Crippen LogP contribution in [0.4, 0.5) is 0 Å². The van der Waals surface area contributed by atoms with E-state index in [9.17, 15) is 4.79 Å². The lowest BCUT2D eigenvalue weighted by Crippen LogP contribution is -2.40. The predicted molar refractivity (Wildman–Crippen MR) is 49.6 cm³/mol. The molecule has 0 unspecified atom stereocenters. The quantitative estimate of drug-likeness (QED) is 0.432. The minimum atomic E-state index is 0.738. The summed E-state index contributed by atoms with van der Waals surface area (Å²) in [4.78, 5) is 12.6. The number of nitrogens with zero attached hydrogens (tertiary/aromatic N) is 2. The molecule has 4 heteroatoms. The van der Waals surface area contributed by atoms with Gasteiger partial charge in [-0.15, -0.1) is 0 Å². The van der Waals surface area contributed by atoms with Crippen LogP contribution in [0.25, 0.3) is 0 Å². The number of carbonyl (C=O) groups is 1. The van der Waals surface area contributed by atoms with Crippen molar-refractivity contribution < 1.29 is 4.79 Å². The molecular weight excluding hydrogens is 154 g/mol. The van der Waals surface area contributed by atoms with Crippen LogP contribution in [0.5, 0.6) is 0 Å². The van der Waals surface area contributed by atoms with Gasteiger partial charge in [-0.3, -0.25) is 9.80 Å². The zero-order valence-corrected chi connectivity index (χ0v) is 8.21. The third-order valence-corrected chi connectivity index (χ3v) is 1.97. The number of likely N-dealkylation sites (N-methyl/N-ethyl adjacent to an activating group) is 1. The molecular formula is C8H19N3O. The monoisotopic (exact) mass is 173 g/mol. The van der Waals surface area contributed by atoms with E-state index < -0.39 is 0 Å². The number of carbonyl (C=O) groups excluding carboxylic acids is 1. The highest BCUT2D eigenvalue weighted by atomic mass is 16.1. The zero-order chi connectivity index (χ0) is 9.40. The normalized spacial score (nSPS) is 10.3. The third kappa shape index (κ3) is 4.31. The van der Waals surface area contributed by atoms with Gasteiger partial charge in [0.05, 0.1) is 0 Å². The molecule has 0 rings (SSSR count). The third-order valence-electron chi connectivity index (χ3n) is 1.97. The lowest BCUT2D eigenvalue weighted by molar-refractivity contribution is -0.120. The van der Waals surface area contributed by atoms with E-state index in [0.717, 1.165) is 32.6 Å². The molecule has 0 radical (unpaired) electrons. The molecule has 0 fully saturated rings. The first-order valence-corrected chi connectivity index (χ1v) is 4.40. The van der Waals surface area contributed by atoms with Gasteiger partial charge < -0.3 is 4.90 Å². The molecule has 0 aromatic carbocycles. The summed E-state index contributed by atoms with van der Waals surface area (Å²) in [5.74, 6) is 0. The zero-order valence-electron chi connectivity index (χ0n) is 8.21. The first kappa shape index (κ1) is 11.4. The molecule has 0 heterocycles. The Labute approximate surface area is 74.5 Å². The average Bonchev–Trinajstić information content (AvgIpc) is 2.13. The minimum absolute atomic E-state index is 0.738. The van der Waals surface area contributed by atoms with E-state index >= 15 is 0 Å². The second kappa shape index (κ2) is 7.06. The van der Waals surface area contributed by atoms with Crippen molar-refractivity contribution in [3.05, 3.63) is 0 Å². The van der Waals surface area contributed by atoms with Crippen LogP contribution in [0.1, 0.15) is 13.8 Å². The fraction of sp³-hybridized carbons (Fsp3) is 0.875. The predicted octanol–water partition coefficient (Wildman–Crippen LogP) is -0.0790. The van der Waals surface area contributed by atoms with E-state index in [1.54, 1.807) is 12.1 Å². The summed E-state index contributed by atoms with van der Waals surface area (Å²) >= 11 is 0. The number of hydrogen-bond acceptors (Lipinski definition) is 3. The van der Waals surface area contributed by atoms with E-state index in [0.29, 0.717) is 0 Å². The Hall–Kier alpha value is -0.610. The van der Waals surface area contributed by atoms with Crippen LogP contribution < -0.4 is 5.43 Å². The van der Waals surface area contributed by atoms with Gasteiger partial charge in [-0.1, -0.05) is 13.8 Å². The molecule has 0 saturated carbocycles. The Morgan fingerprint density at radius 2 is 1.83 bits per heavy atom. The van der Waals surface area contributed by atoms with Crippen LogP contribution in [-0.2, 0) is 4.79 Å². The second-order valence-corrected chi connectivity index (χ2v) is 2.55. The Morgan fingerprint density at radius 1 is 1.25 bits per heavy atom. The molecule has 0 aliphatic heterocycles. The van der Waals surface area contributed by atoms with E-state index in [2.05, 4.69) is 24.2 Å². The highest BCUT2D eigenvalue weighted by molar-refractivity contribution is 5.45. The fourth-order valence-corrected chi connectivity index (χ4v) is 1.01. The first-order valence-electron chi connectivity index (χ1n) is 4.40. The van der Waals surface area contributed by atoms with Crippen LogP contribution >= 0.6 is 0 Å². The van der Waals surface area contributed by atoms with E-state index in [1.165, 1.54) is 0 Å². The largest absolute Gasteiger partial charge is 0.302 e. The number of hydrogen-bond donors (Lipinski definition) is 1. The summed E-state index contributed by atoms with van der Waals surface area (Å²) < 4.78 is 0. The Balaban J connectivity index is 3.55. The number of amides is 1. The number of hydrazine groups is 1. The van der Waals surface area contributed by atoms with Gasteiger partial charge in [-0.05, 0) is 13.1 Å². The van der Waals surface area contributed by atoms with Gasteiger partial charge >= 0.3 is 0 Å². The molecule has 72 valence electrons. The highest BCUT2D eigenvalue weighted by Crippen LogP contribution is 1.86. The second-order valence-electron chi connectivity index (χ2n) is 2.55. The molecule has 12 heavy (non-hydrogen) atoms. The maximum atomic E-state index is 10.4. The van der Waals surface area contributed by atoms with Crippen LogP contribution in [0, 0.1) is 0 Å². The SMILES string of the molecule is CCN(CC)CCN(C=O)NC. The van der Waals surface area contributed by atoms with Crippen LogP contribution in [0.2, 0.25) is 0 Å². The number of rotatable bonds is 7. The molecule has 0 bridgehead atoms. The van der Waals surface area contributed by atoms with Crippen molar-refractivity contribution >= 4 is 6.41 Å². The summed E-state index contributed by atoms with van der Waals surface area (Å²) in [6.45, 7) is 7.97. The van der Waals surface area contributed by atoms with Gasteiger partial charge in [0.1, 0.15) is 0 Å². The Morgan fingerprint density at radius 3 is 2.17 bits per heavy atom. The molecule has 0 aliphatic carbocycles. The highest BCUT2D eigenvalue weighted by Gasteiger charge is 2.01. The molecule has 0 saturated heterocycles. The molecule has 0 aromatic rings. The molecule has 0 aliphatic rings. The van der Waals surface area contributed by atoms with E-state index in [-0.39, 0.29) is 0 Å². The molecule has 0 spiro atoms. The van der Waals surface area contributed by atoms with Crippen molar-refractivity contribution in [1.82, 2.24) is 15.3 Å². The topological polar surface area (TPSA) is 35.6 Å². The van der Waals surface area contributed by atoms with Crippen molar-refractivity contribution in [3.63, 3.8) is 0 Å². The van der Waals surface area contributed by atoms with E-state index in [4.69, 9.17) is 0 Å². The smallest absolute Gasteiger partial charge is 0.223 e. The molecule has 1 N–H and O–H groups in total. The molecule has 4 nitrogen and oxygen atoms in total. The van der Waals surface area contributed by atoms with Crippen LogP contribution in [-0.4, -0.2) is 49.5 Å². The van der Waals surface area contributed by atoms with Crippen molar-refractivity contribution in [2.45, 2.75) is 13.8 Å². The summed E-state index contributed by atoms with van der Waals surface area (Å²) in [5, 5.41) is 1.54. The van der Waals surface area contributed by atoms with Gasteiger partial charge in [0.2, 0.25) is 6.41 Å². The lowest BCUT2D eigenvalue weighted by atomic mass is 10.4. The number of nitrogens with one attached hydrogen (secondary N) is 1. The Bertz CT molecular complexity index is 115. The molecule has 1 amide bonds. The maximum Gasteiger partial charge on any atom is 0.223 e. The van der Waals surface area contributed by atoms with Crippen molar-refractivity contribution in [1.29, 1.82) is 0 Å². The summed E-state index contributed by atoms with van der Waals surface area (Å²) in [5.41, 5.74) is 2.79. The fourth-order valence-electron chi connectivity index (χ4n) is 1.01. The Kier molecular flexibility index (Phi) is 6.70. The van der Waals surface area contributed by atoms with Crippen molar-refractivity contribution in [2.75, 3.05) is 33.2 Å². The van der Waals surface area contributed by atoms with Crippen LogP contribution in [0.15, 0.2) is 0 Å². The van der Waals surface area contributed by atoms with Crippen molar-refractivity contribution in [2.24, 2.45) is 0 Å². The van der Waals surface area contributed by atoms with Gasteiger partial charge in [0.25, 0.3) is 0 Å². The van der Waals surface area contributed by atoms with E-state index in [1.807, 2.05) is 0 Å². The van der Waals surface area contributed by atoms with Crippen LogP contribution in [0.3, 0.4) is 0 Å². The molecule has 0 atom stereocenters. The lowest BCUT2D eigenvalue weighted by Gasteiger charge is -2.22. The van der Waals surface area contributed by atoms with Gasteiger partial charge in [-0.2, -0.15) is 0 Å². The standard InChI is InChI=1S/C8H19N3O/c1-4-10(5-2)6-7-11(8-12)9-3/h8-9H,4-7H2,1-3H3. The maximum absolute atomic E-state index is 10.4. The van der Waals surface area contributed by atoms with Crippen molar-refractivity contribution in [3.8, 4) is 0 Å². The minimum Gasteiger partial charge on any atom is -0.302 e.